The van der Waals surface area contributed by atoms with E-state index in [2.05, 4.69) is 38.1 Å². The number of amides is 1. The van der Waals surface area contributed by atoms with Gasteiger partial charge in [-0.15, -0.1) is 10.2 Å². The monoisotopic (exact) mass is 400 g/mol. The molecule has 7 nitrogen and oxygen atoms in total. The minimum absolute atomic E-state index is 0.000822. The van der Waals surface area contributed by atoms with Gasteiger partial charge in [0.05, 0.1) is 12.1 Å². The fraction of sp³-hybridized carbons (Fsp3) is 0.217. The third kappa shape index (κ3) is 4.46. The van der Waals surface area contributed by atoms with E-state index in [0.717, 1.165) is 27.7 Å². The van der Waals surface area contributed by atoms with Gasteiger partial charge < -0.3 is 10.6 Å². The SMILES string of the molecule is Cc1cc(C)n(-c2ccc(NCCNC(=O)Cc3cccc4ccccc34)nn2)n1. The average molecular weight is 400 g/mol. The lowest BCUT2D eigenvalue weighted by atomic mass is 10.0. The van der Waals surface area contributed by atoms with E-state index in [1.165, 1.54) is 0 Å². The number of hydrogen-bond acceptors (Lipinski definition) is 5. The average Bonchev–Trinajstić information content (AvgIpc) is 3.10. The minimum atomic E-state index is -0.000822. The Labute approximate surface area is 175 Å². The van der Waals surface area contributed by atoms with Gasteiger partial charge >= 0.3 is 0 Å². The van der Waals surface area contributed by atoms with E-state index in [9.17, 15) is 4.79 Å². The molecule has 1 amide bonds. The molecule has 0 aliphatic carbocycles. The molecule has 0 aliphatic rings. The first-order chi connectivity index (χ1) is 14.6. The van der Waals surface area contributed by atoms with E-state index < -0.39 is 0 Å². The van der Waals surface area contributed by atoms with Crippen LogP contribution in [0.5, 0.6) is 0 Å². The molecular formula is C23H24N6O. The van der Waals surface area contributed by atoms with E-state index in [0.29, 0.717) is 31.1 Å². The second-order valence-corrected chi connectivity index (χ2v) is 7.21. The fourth-order valence-electron chi connectivity index (χ4n) is 3.47. The number of nitrogens with one attached hydrogen (secondary N) is 2. The summed E-state index contributed by atoms with van der Waals surface area (Å²) in [5, 5.41) is 21.2. The second kappa shape index (κ2) is 8.73. The first-order valence-electron chi connectivity index (χ1n) is 9.95. The van der Waals surface area contributed by atoms with Gasteiger partial charge in [-0.05, 0) is 48.4 Å². The van der Waals surface area contributed by atoms with Crippen molar-refractivity contribution in [1.29, 1.82) is 0 Å². The molecule has 0 saturated heterocycles. The molecule has 4 aromatic rings. The van der Waals surface area contributed by atoms with Gasteiger partial charge in [0.2, 0.25) is 5.91 Å². The van der Waals surface area contributed by atoms with E-state index >= 15 is 0 Å². The molecule has 30 heavy (non-hydrogen) atoms. The lowest BCUT2D eigenvalue weighted by Crippen LogP contribution is -2.30. The highest BCUT2D eigenvalue weighted by atomic mass is 16.1. The number of aromatic nitrogens is 4. The molecule has 2 heterocycles. The molecule has 152 valence electrons. The number of carbonyl (C=O) groups excluding carboxylic acids is 1. The quantitative estimate of drug-likeness (QED) is 0.466. The molecule has 2 aromatic carbocycles. The van der Waals surface area contributed by atoms with Crippen LogP contribution in [0.1, 0.15) is 17.0 Å². The standard InChI is InChI=1S/C23H24N6O/c1-16-14-17(2)29(28-16)22-11-10-21(26-27-22)24-12-13-25-23(30)15-19-8-5-7-18-6-3-4-9-20(18)19/h3-11,14H,12-13,15H2,1-2H3,(H,24,26)(H,25,30). The summed E-state index contributed by atoms with van der Waals surface area (Å²) in [5.74, 6) is 1.33. The number of fused-ring (bicyclic) bond motifs is 1. The van der Waals surface area contributed by atoms with Crippen LogP contribution in [-0.2, 0) is 11.2 Å². The molecular weight excluding hydrogens is 376 g/mol. The van der Waals surface area contributed by atoms with Crippen LogP contribution in [0.4, 0.5) is 5.82 Å². The predicted molar refractivity (Wildman–Crippen MR) is 118 cm³/mol. The van der Waals surface area contributed by atoms with E-state index in [1.807, 2.05) is 62.4 Å². The highest BCUT2D eigenvalue weighted by Crippen LogP contribution is 2.18. The van der Waals surface area contributed by atoms with E-state index in [4.69, 9.17) is 0 Å². The van der Waals surface area contributed by atoms with Crippen molar-refractivity contribution in [3.63, 3.8) is 0 Å². The Morgan fingerprint density at radius 1 is 0.967 bits per heavy atom. The van der Waals surface area contributed by atoms with Gasteiger partial charge in [0.1, 0.15) is 5.82 Å². The van der Waals surface area contributed by atoms with Crippen molar-refractivity contribution < 1.29 is 4.79 Å². The molecule has 2 N–H and O–H groups in total. The maximum Gasteiger partial charge on any atom is 0.224 e. The Hall–Kier alpha value is -3.74. The number of aryl methyl sites for hydroxylation is 2. The predicted octanol–water partition coefficient (Wildman–Crippen LogP) is 3.20. The Kier molecular flexibility index (Phi) is 5.70. The summed E-state index contributed by atoms with van der Waals surface area (Å²) in [4.78, 5) is 12.3. The highest BCUT2D eigenvalue weighted by Gasteiger charge is 2.07. The summed E-state index contributed by atoms with van der Waals surface area (Å²) in [6, 6.07) is 19.9. The molecule has 0 spiro atoms. The number of anilines is 1. The van der Waals surface area contributed by atoms with Crippen LogP contribution in [-0.4, -0.2) is 39.0 Å². The van der Waals surface area contributed by atoms with Crippen molar-refractivity contribution in [2.45, 2.75) is 20.3 Å². The molecule has 7 heteroatoms. The Morgan fingerprint density at radius 2 is 1.80 bits per heavy atom. The van der Waals surface area contributed by atoms with Crippen molar-refractivity contribution in [3.05, 3.63) is 77.6 Å². The maximum absolute atomic E-state index is 12.3. The largest absolute Gasteiger partial charge is 0.367 e. The van der Waals surface area contributed by atoms with Crippen LogP contribution in [0.15, 0.2) is 60.7 Å². The van der Waals surface area contributed by atoms with Gasteiger partial charge in [-0.25, -0.2) is 4.68 Å². The molecule has 0 atom stereocenters. The van der Waals surface area contributed by atoms with E-state index in [1.54, 1.807) is 4.68 Å². The Morgan fingerprint density at radius 3 is 2.57 bits per heavy atom. The van der Waals surface area contributed by atoms with Crippen LogP contribution in [0.25, 0.3) is 16.6 Å². The summed E-state index contributed by atoms with van der Waals surface area (Å²) in [6.07, 6.45) is 0.360. The number of hydrogen-bond donors (Lipinski definition) is 2. The lowest BCUT2D eigenvalue weighted by Gasteiger charge is -2.09. The molecule has 0 unspecified atom stereocenters. The summed E-state index contributed by atoms with van der Waals surface area (Å²) in [5.41, 5.74) is 2.98. The third-order valence-corrected chi connectivity index (χ3v) is 4.86. The van der Waals surface area contributed by atoms with E-state index in [-0.39, 0.29) is 5.91 Å². The van der Waals surface area contributed by atoms with Crippen molar-refractivity contribution in [2.24, 2.45) is 0 Å². The smallest absolute Gasteiger partial charge is 0.224 e. The number of nitrogens with zero attached hydrogens (tertiary/aromatic N) is 4. The summed E-state index contributed by atoms with van der Waals surface area (Å²) in [7, 11) is 0. The third-order valence-electron chi connectivity index (χ3n) is 4.86. The zero-order chi connectivity index (χ0) is 20.9. The second-order valence-electron chi connectivity index (χ2n) is 7.21. The van der Waals surface area contributed by atoms with Gasteiger partial charge in [-0.3, -0.25) is 4.79 Å². The van der Waals surface area contributed by atoms with Crippen molar-refractivity contribution in [1.82, 2.24) is 25.3 Å². The topological polar surface area (TPSA) is 84.7 Å². The van der Waals surface area contributed by atoms with Crippen molar-refractivity contribution in [3.8, 4) is 5.82 Å². The number of carbonyl (C=O) groups is 1. The summed E-state index contributed by atoms with van der Waals surface area (Å²) >= 11 is 0. The summed E-state index contributed by atoms with van der Waals surface area (Å²) in [6.45, 7) is 5.00. The first kappa shape index (κ1) is 19.6. The lowest BCUT2D eigenvalue weighted by molar-refractivity contribution is -0.120. The van der Waals surface area contributed by atoms with Gasteiger partial charge in [0, 0.05) is 18.8 Å². The van der Waals surface area contributed by atoms with Gasteiger partial charge in [0.15, 0.2) is 5.82 Å². The number of benzene rings is 2. The van der Waals surface area contributed by atoms with Crippen LogP contribution in [0, 0.1) is 13.8 Å². The number of rotatable bonds is 7. The Balaban J connectivity index is 1.26. The van der Waals surface area contributed by atoms with Gasteiger partial charge in [-0.2, -0.15) is 5.10 Å². The van der Waals surface area contributed by atoms with Gasteiger partial charge in [0.25, 0.3) is 0 Å². The van der Waals surface area contributed by atoms with Crippen LogP contribution in [0.2, 0.25) is 0 Å². The molecule has 4 rings (SSSR count). The Bertz CT molecular complexity index is 1160. The molecule has 0 bridgehead atoms. The van der Waals surface area contributed by atoms with Crippen molar-refractivity contribution >= 4 is 22.5 Å². The molecule has 0 saturated carbocycles. The first-order valence-corrected chi connectivity index (χ1v) is 9.95. The van der Waals surface area contributed by atoms with Gasteiger partial charge in [-0.1, -0.05) is 42.5 Å². The zero-order valence-electron chi connectivity index (χ0n) is 17.1. The van der Waals surface area contributed by atoms with Crippen LogP contribution >= 0.6 is 0 Å². The maximum atomic E-state index is 12.3. The van der Waals surface area contributed by atoms with Crippen LogP contribution < -0.4 is 10.6 Å². The highest BCUT2D eigenvalue weighted by molar-refractivity contribution is 5.90. The molecule has 2 aromatic heterocycles. The van der Waals surface area contributed by atoms with Crippen molar-refractivity contribution in [2.75, 3.05) is 18.4 Å². The molecule has 0 fully saturated rings. The zero-order valence-corrected chi connectivity index (χ0v) is 17.1. The fourth-order valence-corrected chi connectivity index (χ4v) is 3.47. The van der Waals surface area contributed by atoms with Crippen LogP contribution in [0.3, 0.4) is 0 Å². The minimum Gasteiger partial charge on any atom is -0.367 e. The summed E-state index contributed by atoms with van der Waals surface area (Å²) < 4.78 is 1.76. The molecule has 0 aliphatic heterocycles. The normalized spacial score (nSPS) is 10.9. The molecule has 0 radical (unpaired) electrons.